The van der Waals surface area contributed by atoms with E-state index < -0.39 is 54.0 Å². The van der Waals surface area contributed by atoms with Crippen LogP contribution >= 0.6 is 0 Å². The van der Waals surface area contributed by atoms with Gasteiger partial charge in [0.25, 0.3) is 0 Å². The maximum atomic E-state index is 14.2. The first kappa shape index (κ1) is 50.6. The van der Waals surface area contributed by atoms with Crippen LogP contribution in [0, 0.1) is 35.5 Å². The summed E-state index contributed by atoms with van der Waals surface area (Å²) < 4.78 is 18.5. The van der Waals surface area contributed by atoms with Gasteiger partial charge in [0.1, 0.15) is 23.7 Å². The summed E-state index contributed by atoms with van der Waals surface area (Å²) in [4.78, 5) is 57.1. The summed E-state index contributed by atoms with van der Waals surface area (Å²) in [5, 5.41) is 43.6. The Bertz CT molecular complexity index is 1600. The average molecular weight is 856 g/mol. The molecule has 0 spiro atoms. The summed E-state index contributed by atoms with van der Waals surface area (Å²) in [5.74, 6) is -4.41. The van der Waals surface area contributed by atoms with Crippen LogP contribution in [0.15, 0.2) is 47.6 Å². The second-order valence-electron chi connectivity index (χ2n) is 19.2. The number of piperidine rings is 1. The number of hydrogen-bond acceptors (Lipinski definition) is 11. The van der Waals surface area contributed by atoms with Gasteiger partial charge in [-0.15, -0.1) is 0 Å². The number of carbonyl (C=O) groups is 4. The zero-order chi connectivity index (χ0) is 45.0. The van der Waals surface area contributed by atoms with E-state index in [1.54, 1.807) is 27.0 Å². The fraction of sp³-hybridized carbons (Fsp3) is 0.755. The fourth-order valence-electron chi connectivity index (χ4n) is 9.64. The molecule has 2 bridgehead atoms. The van der Waals surface area contributed by atoms with Crippen molar-refractivity contribution in [2.45, 2.75) is 187 Å². The summed E-state index contributed by atoms with van der Waals surface area (Å²) in [6.45, 7) is 13.5. The van der Waals surface area contributed by atoms with Gasteiger partial charge in [0.2, 0.25) is 5.91 Å². The van der Waals surface area contributed by atoms with E-state index in [9.17, 15) is 39.6 Å². The predicted octanol–water partition coefficient (Wildman–Crippen LogP) is 6.72. The minimum absolute atomic E-state index is 0.0520. The van der Waals surface area contributed by atoms with Gasteiger partial charge in [-0.2, -0.15) is 0 Å². The summed E-state index contributed by atoms with van der Waals surface area (Å²) in [6.07, 6.45) is 13.1. The van der Waals surface area contributed by atoms with Gasteiger partial charge in [-0.05, 0) is 107 Å². The minimum Gasteiger partial charge on any atom is -0.460 e. The van der Waals surface area contributed by atoms with Crippen molar-refractivity contribution in [3.63, 3.8) is 0 Å². The van der Waals surface area contributed by atoms with E-state index >= 15 is 0 Å². The van der Waals surface area contributed by atoms with Gasteiger partial charge < -0.3 is 39.5 Å². The van der Waals surface area contributed by atoms with Crippen molar-refractivity contribution in [1.29, 1.82) is 0 Å². The Kier molecular flexibility index (Phi) is 19.6. The van der Waals surface area contributed by atoms with Gasteiger partial charge in [-0.3, -0.25) is 14.4 Å². The molecular formula is C49H77NO11. The molecule has 1 aliphatic carbocycles. The molecule has 14 atom stereocenters. The van der Waals surface area contributed by atoms with Crippen LogP contribution in [0.25, 0.3) is 0 Å². The van der Waals surface area contributed by atoms with E-state index in [0.717, 1.165) is 5.57 Å². The number of carbonyl (C=O) groups excluding carboxylic acids is 4. The van der Waals surface area contributed by atoms with E-state index in [1.807, 2.05) is 65.0 Å². The third kappa shape index (κ3) is 14.8. The number of aliphatic hydroxyl groups is 4. The van der Waals surface area contributed by atoms with Gasteiger partial charge in [0.15, 0.2) is 5.79 Å². The van der Waals surface area contributed by atoms with Crippen LogP contribution in [-0.4, -0.2) is 111 Å². The number of hydrogen-bond donors (Lipinski definition) is 4. The number of esters is 1. The Balaban J connectivity index is 1.63. The summed E-state index contributed by atoms with van der Waals surface area (Å²) in [5.41, 5.74) is 1.49. The number of nitrogens with zero attached hydrogens (tertiary/aromatic N) is 1. The lowest BCUT2D eigenvalue weighted by atomic mass is 9.78. The van der Waals surface area contributed by atoms with Crippen molar-refractivity contribution in [2.75, 3.05) is 13.7 Å². The number of Topliss-reactive ketones (excluding diaryl/α,β-unsaturated/α-hetero) is 2. The molecule has 2 saturated heterocycles. The highest BCUT2D eigenvalue weighted by Crippen LogP contribution is 2.38. The fourth-order valence-corrected chi connectivity index (χ4v) is 9.64. The largest absolute Gasteiger partial charge is 0.460 e. The molecule has 0 aromatic carbocycles. The van der Waals surface area contributed by atoms with E-state index in [-0.39, 0.29) is 72.6 Å². The second kappa shape index (κ2) is 23.6. The number of allylic oxidation sites excluding steroid dienone is 6. The minimum atomic E-state index is -1.75. The lowest BCUT2D eigenvalue weighted by Gasteiger charge is -2.44. The topological polar surface area (TPSA) is 180 Å². The van der Waals surface area contributed by atoms with Crippen molar-refractivity contribution in [3.05, 3.63) is 47.6 Å². The van der Waals surface area contributed by atoms with Crippen LogP contribution in [-0.2, 0) is 33.4 Å². The number of ether oxygens (including phenoxy) is 3. The quantitative estimate of drug-likeness (QED) is 0.174. The van der Waals surface area contributed by atoms with Gasteiger partial charge in [0, 0.05) is 50.7 Å². The van der Waals surface area contributed by atoms with E-state index in [1.165, 1.54) is 4.90 Å². The maximum absolute atomic E-state index is 14.2. The molecular weight excluding hydrogens is 779 g/mol. The Hall–Kier alpha value is -3.00. The molecule has 344 valence electrons. The molecule has 12 heteroatoms. The van der Waals surface area contributed by atoms with Gasteiger partial charge in [-0.1, -0.05) is 71.1 Å². The normalized spacial score (nSPS) is 41.0. The first-order valence-electron chi connectivity index (χ1n) is 23.0. The zero-order valence-electron chi connectivity index (χ0n) is 38.2. The third-order valence-electron chi connectivity index (χ3n) is 14.0. The molecule has 0 radical (unpaired) electrons. The molecule has 12 nitrogen and oxygen atoms in total. The molecule has 61 heavy (non-hydrogen) atoms. The van der Waals surface area contributed by atoms with Gasteiger partial charge >= 0.3 is 5.97 Å². The summed E-state index contributed by atoms with van der Waals surface area (Å²) in [6, 6.07) is -0.904. The first-order chi connectivity index (χ1) is 28.8. The van der Waals surface area contributed by atoms with Crippen molar-refractivity contribution in [1.82, 2.24) is 4.90 Å². The highest BCUT2D eigenvalue weighted by Gasteiger charge is 2.46. The van der Waals surface area contributed by atoms with E-state index in [0.29, 0.717) is 82.7 Å². The molecule has 1 amide bonds. The molecule has 3 heterocycles. The number of rotatable bonds is 4. The molecule has 4 N–H and O–H groups in total. The Labute approximate surface area is 364 Å². The van der Waals surface area contributed by atoms with Crippen molar-refractivity contribution in [2.24, 2.45) is 35.5 Å². The standard InChI is InChI=1S/C49H77NO11/c1-30-14-10-9-11-15-31(2)45(59-8)26-38-19-17-36(7)49(58,61-38)29-47(56)50-21-13-12-16-39(50)48(57)60-46(35(6)24-37-18-20-40(51)44(55)25-37)28-43(54)34(5)23-33(4)42(53)27-41(52)32(3)22-30/h9-11,14-15,23,30,32,34-40,42,44-46,51,53,55,58H,12-13,16-22,24-29H2,1-8H3/b11-9+,14-10+,31-15+,33-23+/t30-,32-,34-,35-,36-,37+,38+,39+,40-,42+,44-,45+,46+,49+/m1/s1. The molecule has 4 aliphatic rings. The summed E-state index contributed by atoms with van der Waals surface area (Å²) in [7, 11) is 1.64. The number of fused-ring (bicyclic) bond motifs is 3. The van der Waals surface area contributed by atoms with Crippen LogP contribution in [0.4, 0.5) is 0 Å². The average Bonchev–Trinajstić information content (AvgIpc) is 3.21. The lowest BCUT2D eigenvalue weighted by molar-refractivity contribution is -0.284. The van der Waals surface area contributed by atoms with Crippen LogP contribution in [0.5, 0.6) is 0 Å². The van der Waals surface area contributed by atoms with Crippen molar-refractivity contribution < 1.29 is 53.8 Å². The number of aliphatic hydroxyl groups excluding tert-OH is 3. The monoisotopic (exact) mass is 856 g/mol. The molecule has 0 aromatic rings. The predicted molar refractivity (Wildman–Crippen MR) is 234 cm³/mol. The second-order valence-corrected chi connectivity index (χ2v) is 19.2. The Morgan fingerprint density at radius 1 is 0.852 bits per heavy atom. The number of ketones is 2. The molecule has 1 saturated carbocycles. The van der Waals surface area contributed by atoms with Crippen LogP contribution in [0.1, 0.15) is 138 Å². The van der Waals surface area contributed by atoms with Gasteiger partial charge in [0.05, 0.1) is 36.9 Å². The maximum Gasteiger partial charge on any atom is 0.329 e. The third-order valence-corrected chi connectivity index (χ3v) is 14.0. The van der Waals surface area contributed by atoms with Crippen LogP contribution < -0.4 is 0 Å². The molecule has 3 fully saturated rings. The molecule has 3 aliphatic heterocycles. The van der Waals surface area contributed by atoms with Gasteiger partial charge in [-0.25, -0.2) is 4.79 Å². The van der Waals surface area contributed by atoms with Crippen LogP contribution in [0.2, 0.25) is 0 Å². The van der Waals surface area contributed by atoms with Crippen LogP contribution in [0.3, 0.4) is 0 Å². The lowest BCUT2D eigenvalue weighted by Crippen LogP contribution is -2.55. The Morgan fingerprint density at radius 2 is 1.59 bits per heavy atom. The smallest absolute Gasteiger partial charge is 0.329 e. The number of cyclic esters (lactones) is 1. The highest BCUT2D eigenvalue weighted by molar-refractivity contribution is 5.86. The Morgan fingerprint density at radius 3 is 2.30 bits per heavy atom. The van der Waals surface area contributed by atoms with Crippen molar-refractivity contribution in [3.8, 4) is 0 Å². The summed E-state index contributed by atoms with van der Waals surface area (Å²) >= 11 is 0. The first-order valence-corrected chi connectivity index (χ1v) is 23.0. The molecule has 0 unspecified atom stereocenters. The van der Waals surface area contributed by atoms with Crippen molar-refractivity contribution >= 4 is 23.4 Å². The molecule has 4 rings (SSSR count). The zero-order valence-corrected chi connectivity index (χ0v) is 38.2. The highest BCUT2D eigenvalue weighted by atomic mass is 16.6. The SMILES string of the molecule is CO[C@H]1C[C@@H]2CC[C@@H](C)[C@](O)(CC(=O)N3CCCC[C@H]3C(=O)O[C@H]([C@H](C)C[C@@H]3CC[C@@H](O)[C@H](O)C3)CC(=O)[C@H](C)/C=C(\C)[C@@H](O)CC(=O)[C@H](C)C[C@H](C)/C=C/C=C/C=C/1C)O2. The number of amides is 1. The van der Waals surface area contributed by atoms with E-state index in [2.05, 4.69) is 0 Å². The van der Waals surface area contributed by atoms with E-state index in [4.69, 9.17) is 14.2 Å². The molecule has 0 aromatic heterocycles. The number of methoxy groups -OCH3 is 1.